The molecule has 0 spiro atoms. The zero-order valence-corrected chi connectivity index (χ0v) is 11.6. The van der Waals surface area contributed by atoms with E-state index >= 15 is 0 Å². The Morgan fingerprint density at radius 2 is 2.21 bits per heavy atom. The van der Waals surface area contributed by atoms with Crippen LogP contribution in [0.2, 0.25) is 0 Å². The van der Waals surface area contributed by atoms with Gasteiger partial charge in [0.1, 0.15) is 0 Å². The molecule has 0 aliphatic heterocycles. The van der Waals surface area contributed by atoms with Crippen molar-refractivity contribution in [2.24, 2.45) is 5.73 Å². The normalized spacial score (nSPS) is 18.1. The number of rotatable bonds is 7. The highest BCUT2D eigenvalue weighted by molar-refractivity contribution is 5.90. The maximum atomic E-state index is 11.7. The molecule has 3 N–H and O–H groups in total. The Kier molecular flexibility index (Phi) is 4.52. The van der Waals surface area contributed by atoms with E-state index in [2.05, 4.69) is 15.5 Å². The summed E-state index contributed by atoms with van der Waals surface area (Å²) < 4.78 is 5.15. The fourth-order valence-electron chi connectivity index (χ4n) is 1.87. The molecule has 0 saturated heterocycles. The molecule has 1 aliphatic rings. The molecule has 19 heavy (non-hydrogen) atoms. The fourth-order valence-corrected chi connectivity index (χ4v) is 1.87. The van der Waals surface area contributed by atoms with Crippen molar-refractivity contribution >= 4 is 5.91 Å². The summed E-state index contributed by atoms with van der Waals surface area (Å²) in [5, 5.41) is 6.58. The molecule has 1 aliphatic carbocycles. The summed E-state index contributed by atoms with van der Waals surface area (Å²) in [4.78, 5) is 15.9. The Balaban J connectivity index is 1.82. The molecule has 2 rings (SSSR count). The first-order chi connectivity index (χ1) is 9.06. The van der Waals surface area contributed by atoms with E-state index in [1.807, 2.05) is 13.8 Å². The molecule has 0 bridgehead atoms. The van der Waals surface area contributed by atoms with Gasteiger partial charge in [-0.2, -0.15) is 4.98 Å². The minimum atomic E-state index is -0.236. The number of hydrogen-bond acceptors (Lipinski definition) is 5. The van der Waals surface area contributed by atoms with Crippen molar-refractivity contribution in [3.8, 4) is 0 Å². The summed E-state index contributed by atoms with van der Waals surface area (Å²) in [6.45, 7) is 4.02. The maximum Gasteiger partial charge on any atom is 0.292 e. The van der Waals surface area contributed by atoms with Crippen molar-refractivity contribution in [3.05, 3.63) is 11.7 Å². The maximum absolute atomic E-state index is 11.7. The number of carbonyl (C=O) groups excluding carboxylic acids is 1. The quantitative estimate of drug-likeness (QED) is 0.781. The molecule has 6 nitrogen and oxygen atoms in total. The van der Waals surface area contributed by atoms with Crippen molar-refractivity contribution in [2.75, 3.05) is 0 Å². The van der Waals surface area contributed by atoms with Gasteiger partial charge in [-0.3, -0.25) is 4.79 Å². The van der Waals surface area contributed by atoms with Crippen LogP contribution in [0.3, 0.4) is 0 Å². The van der Waals surface area contributed by atoms with Crippen LogP contribution in [0.15, 0.2) is 4.52 Å². The zero-order chi connectivity index (χ0) is 13.8. The molecule has 2 atom stereocenters. The van der Waals surface area contributed by atoms with Crippen LogP contribution in [0, 0.1) is 0 Å². The van der Waals surface area contributed by atoms with Gasteiger partial charge in [-0.15, -0.1) is 0 Å². The topological polar surface area (TPSA) is 94.0 Å². The molecule has 1 fully saturated rings. The number of carbonyl (C=O) groups is 1. The number of nitrogens with two attached hydrogens (primary N) is 1. The average Bonchev–Trinajstić information content (AvgIpc) is 3.02. The van der Waals surface area contributed by atoms with Crippen LogP contribution in [0.5, 0.6) is 0 Å². The van der Waals surface area contributed by atoms with E-state index in [1.165, 1.54) is 0 Å². The third kappa shape index (κ3) is 4.31. The van der Waals surface area contributed by atoms with Crippen LogP contribution in [0.25, 0.3) is 0 Å². The molecule has 6 heteroatoms. The third-order valence-corrected chi connectivity index (χ3v) is 3.28. The predicted octanol–water partition coefficient (Wildman–Crippen LogP) is 1.58. The number of hydrogen-bond donors (Lipinski definition) is 2. The monoisotopic (exact) mass is 266 g/mol. The summed E-state index contributed by atoms with van der Waals surface area (Å²) in [5.41, 5.74) is 5.71. The lowest BCUT2D eigenvalue weighted by Crippen LogP contribution is -2.26. The molecule has 0 radical (unpaired) electrons. The van der Waals surface area contributed by atoms with Crippen molar-refractivity contribution < 1.29 is 9.32 Å². The summed E-state index contributed by atoms with van der Waals surface area (Å²) >= 11 is 0. The molecule has 1 aromatic heterocycles. The van der Waals surface area contributed by atoms with Crippen LogP contribution < -0.4 is 11.1 Å². The highest BCUT2D eigenvalue weighted by atomic mass is 16.5. The van der Waals surface area contributed by atoms with Gasteiger partial charge in [-0.05, 0) is 32.6 Å². The summed E-state index contributed by atoms with van der Waals surface area (Å²) in [5.74, 6) is 0.598. The van der Waals surface area contributed by atoms with Crippen LogP contribution in [-0.4, -0.2) is 28.1 Å². The second-order valence-electron chi connectivity index (χ2n) is 5.51. The molecule has 2 unspecified atom stereocenters. The van der Waals surface area contributed by atoms with E-state index in [-0.39, 0.29) is 23.7 Å². The van der Waals surface area contributed by atoms with Crippen molar-refractivity contribution in [1.82, 2.24) is 15.5 Å². The molecule has 0 aromatic carbocycles. The van der Waals surface area contributed by atoms with E-state index in [9.17, 15) is 4.79 Å². The minimum Gasteiger partial charge on any atom is -0.346 e. The summed E-state index contributed by atoms with van der Waals surface area (Å²) in [6.07, 6.45) is 5.03. The number of amides is 1. The standard InChI is InChI=1S/C13H22N4O2/c1-8(4-3-5-9(2)14)13-16-11(17-19-13)12(18)15-10-6-7-10/h8-10H,3-7,14H2,1-2H3,(H,15,18). The highest BCUT2D eigenvalue weighted by Crippen LogP contribution is 2.21. The summed E-state index contributed by atoms with van der Waals surface area (Å²) in [6, 6.07) is 0.521. The van der Waals surface area contributed by atoms with Gasteiger partial charge < -0.3 is 15.6 Å². The van der Waals surface area contributed by atoms with Crippen LogP contribution in [0.4, 0.5) is 0 Å². The van der Waals surface area contributed by atoms with Crippen molar-refractivity contribution in [2.45, 2.75) is 64.0 Å². The minimum absolute atomic E-state index is 0.140. The van der Waals surface area contributed by atoms with Gasteiger partial charge in [0.2, 0.25) is 5.89 Å². The van der Waals surface area contributed by atoms with Gasteiger partial charge in [0.05, 0.1) is 0 Å². The Labute approximate surface area is 113 Å². The molecule has 1 aromatic rings. The molecule has 1 amide bonds. The van der Waals surface area contributed by atoms with Gasteiger partial charge in [0.25, 0.3) is 11.7 Å². The smallest absolute Gasteiger partial charge is 0.292 e. The van der Waals surface area contributed by atoms with Gasteiger partial charge in [0, 0.05) is 18.0 Å². The third-order valence-electron chi connectivity index (χ3n) is 3.28. The second kappa shape index (κ2) is 6.14. The van der Waals surface area contributed by atoms with Crippen LogP contribution in [-0.2, 0) is 0 Å². The van der Waals surface area contributed by atoms with E-state index in [1.54, 1.807) is 0 Å². The summed E-state index contributed by atoms with van der Waals surface area (Å²) in [7, 11) is 0. The van der Waals surface area contributed by atoms with E-state index in [0.717, 1.165) is 32.1 Å². The van der Waals surface area contributed by atoms with Gasteiger partial charge in [0.15, 0.2) is 0 Å². The Morgan fingerprint density at radius 1 is 1.47 bits per heavy atom. The molecule has 1 heterocycles. The first kappa shape index (κ1) is 14.0. The Bertz CT molecular complexity index is 426. The lowest BCUT2D eigenvalue weighted by atomic mass is 10.0. The largest absolute Gasteiger partial charge is 0.346 e. The Morgan fingerprint density at radius 3 is 2.84 bits per heavy atom. The highest BCUT2D eigenvalue weighted by Gasteiger charge is 2.26. The first-order valence-electron chi connectivity index (χ1n) is 6.96. The lowest BCUT2D eigenvalue weighted by Gasteiger charge is -2.07. The number of aromatic nitrogens is 2. The molecule has 1 saturated carbocycles. The van der Waals surface area contributed by atoms with Crippen LogP contribution >= 0.6 is 0 Å². The SMILES string of the molecule is CC(N)CCCC(C)c1nc(C(=O)NC2CC2)no1. The predicted molar refractivity (Wildman–Crippen MR) is 70.7 cm³/mol. The van der Waals surface area contributed by atoms with Gasteiger partial charge in [-0.25, -0.2) is 0 Å². The Hall–Kier alpha value is -1.43. The lowest BCUT2D eigenvalue weighted by molar-refractivity contribution is 0.0937. The second-order valence-corrected chi connectivity index (χ2v) is 5.51. The van der Waals surface area contributed by atoms with Gasteiger partial charge >= 0.3 is 0 Å². The van der Waals surface area contributed by atoms with Crippen molar-refractivity contribution in [1.29, 1.82) is 0 Å². The van der Waals surface area contributed by atoms with E-state index in [4.69, 9.17) is 10.3 Å². The molecular formula is C13H22N4O2. The van der Waals surface area contributed by atoms with E-state index < -0.39 is 0 Å². The van der Waals surface area contributed by atoms with Crippen LogP contribution in [0.1, 0.15) is 68.4 Å². The van der Waals surface area contributed by atoms with Crippen molar-refractivity contribution in [3.63, 3.8) is 0 Å². The zero-order valence-electron chi connectivity index (χ0n) is 11.6. The van der Waals surface area contributed by atoms with E-state index in [0.29, 0.717) is 11.9 Å². The molecule has 106 valence electrons. The first-order valence-corrected chi connectivity index (χ1v) is 6.96. The fraction of sp³-hybridized carbons (Fsp3) is 0.769. The number of nitrogens with zero attached hydrogens (tertiary/aromatic N) is 2. The average molecular weight is 266 g/mol. The van der Waals surface area contributed by atoms with Gasteiger partial charge in [-0.1, -0.05) is 18.5 Å². The number of nitrogens with one attached hydrogen (secondary N) is 1. The molecular weight excluding hydrogens is 244 g/mol.